The summed E-state index contributed by atoms with van der Waals surface area (Å²) in [5.74, 6) is -0.697. The number of carboxylic acid groups (broad SMARTS) is 1. The molecule has 1 aliphatic heterocycles. The Bertz CT molecular complexity index is 249. The lowest BCUT2D eigenvalue weighted by molar-refractivity contribution is -0.143. The van der Waals surface area contributed by atoms with Crippen LogP contribution in [0.3, 0.4) is 0 Å². The first-order chi connectivity index (χ1) is 7.66. The van der Waals surface area contributed by atoms with Crippen LogP contribution in [0.1, 0.15) is 25.7 Å². The van der Waals surface area contributed by atoms with Gasteiger partial charge in [-0.25, -0.2) is 0 Å². The summed E-state index contributed by atoms with van der Waals surface area (Å²) in [4.78, 5) is 15.8. The largest absolute Gasteiger partial charge is 0.481 e. The van der Waals surface area contributed by atoms with Crippen LogP contribution in [0.5, 0.6) is 0 Å². The minimum Gasteiger partial charge on any atom is -0.481 e. The van der Waals surface area contributed by atoms with E-state index in [1.165, 1.54) is 6.42 Å². The summed E-state index contributed by atoms with van der Waals surface area (Å²) in [6.07, 6.45) is 4.00. The summed E-state index contributed by atoms with van der Waals surface area (Å²) >= 11 is 0. The van der Waals surface area contributed by atoms with Gasteiger partial charge in [-0.15, -0.1) is 0 Å². The predicted molar refractivity (Wildman–Crippen MR) is 62.5 cm³/mol. The number of aliphatic carboxylic acids is 1. The lowest BCUT2D eigenvalue weighted by atomic mass is 9.85. The maximum Gasteiger partial charge on any atom is 0.306 e. The number of hydrogen-bond donors (Lipinski definition) is 1. The Morgan fingerprint density at radius 2 is 1.88 bits per heavy atom. The molecule has 16 heavy (non-hydrogen) atoms. The van der Waals surface area contributed by atoms with E-state index in [4.69, 9.17) is 5.11 Å². The highest BCUT2D eigenvalue weighted by Crippen LogP contribution is 2.28. The molecule has 1 N–H and O–H groups in total. The van der Waals surface area contributed by atoms with E-state index in [-0.39, 0.29) is 5.92 Å². The monoisotopic (exact) mass is 226 g/mol. The van der Waals surface area contributed by atoms with E-state index in [9.17, 15) is 4.79 Å². The van der Waals surface area contributed by atoms with E-state index in [1.54, 1.807) is 0 Å². The molecule has 1 saturated carbocycles. The van der Waals surface area contributed by atoms with E-state index in [0.717, 1.165) is 45.4 Å². The molecular weight excluding hydrogens is 204 g/mol. The fraction of sp³-hybridized carbons (Fsp3) is 0.917. The molecule has 0 amide bonds. The van der Waals surface area contributed by atoms with Crippen molar-refractivity contribution >= 4 is 5.97 Å². The Labute approximate surface area is 97.2 Å². The van der Waals surface area contributed by atoms with Crippen LogP contribution >= 0.6 is 0 Å². The number of carboxylic acids is 1. The molecule has 4 nitrogen and oxygen atoms in total. The van der Waals surface area contributed by atoms with Gasteiger partial charge in [0.2, 0.25) is 0 Å². The molecule has 4 heteroatoms. The van der Waals surface area contributed by atoms with Gasteiger partial charge in [0, 0.05) is 32.2 Å². The number of hydrogen-bond acceptors (Lipinski definition) is 3. The molecule has 1 aliphatic carbocycles. The molecule has 0 aromatic rings. The first kappa shape index (κ1) is 11.9. The zero-order valence-corrected chi connectivity index (χ0v) is 10.1. The van der Waals surface area contributed by atoms with Crippen LogP contribution in [0.15, 0.2) is 0 Å². The average molecular weight is 226 g/mol. The molecule has 0 spiro atoms. The predicted octanol–water partition coefficient (Wildman–Crippen LogP) is 0.877. The fourth-order valence-corrected chi connectivity index (χ4v) is 2.91. The van der Waals surface area contributed by atoms with Crippen LogP contribution in [0.4, 0.5) is 0 Å². The van der Waals surface area contributed by atoms with Gasteiger partial charge in [0.05, 0.1) is 5.92 Å². The number of piperazine rings is 1. The van der Waals surface area contributed by atoms with Crippen molar-refractivity contribution in [3.8, 4) is 0 Å². The maximum absolute atomic E-state index is 11.0. The lowest BCUT2D eigenvalue weighted by Crippen LogP contribution is -2.50. The summed E-state index contributed by atoms with van der Waals surface area (Å²) < 4.78 is 0. The Balaban J connectivity index is 1.87. The molecule has 2 fully saturated rings. The topological polar surface area (TPSA) is 43.8 Å². The molecule has 2 rings (SSSR count). The summed E-state index contributed by atoms with van der Waals surface area (Å²) in [6, 6.07) is 0.517. The maximum atomic E-state index is 11.0. The van der Waals surface area contributed by atoms with Gasteiger partial charge in [-0.05, 0) is 26.3 Å². The quantitative estimate of drug-likeness (QED) is 0.759. The van der Waals surface area contributed by atoms with Crippen molar-refractivity contribution in [2.45, 2.75) is 31.7 Å². The Kier molecular flexibility index (Phi) is 3.82. The Morgan fingerprint density at radius 1 is 1.19 bits per heavy atom. The first-order valence-corrected chi connectivity index (χ1v) is 6.32. The molecule has 0 unspecified atom stereocenters. The molecule has 0 aromatic carbocycles. The van der Waals surface area contributed by atoms with Crippen LogP contribution in [0.2, 0.25) is 0 Å². The molecule has 1 saturated heterocycles. The highest BCUT2D eigenvalue weighted by molar-refractivity contribution is 5.70. The van der Waals surface area contributed by atoms with Crippen LogP contribution < -0.4 is 0 Å². The zero-order valence-electron chi connectivity index (χ0n) is 10.1. The second-order valence-corrected chi connectivity index (χ2v) is 5.19. The normalized spacial score (nSPS) is 33.8. The molecule has 0 aromatic heterocycles. The van der Waals surface area contributed by atoms with Crippen LogP contribution in [-0.4, -0.2) is 60.1 Å². The SMILES string of the molecule is CN1CCN([C@@H]2CCC[C@@H](C(=O)O)C2)CC1. The molecule has 92 valence electrons. The van der Waals surface area contributed by atoms with Crippen LogP contribution in [-0.2, 0) is 4.79 Å². The second kappa shape index (κ2) is 5.15. The third-order valence-electron chi connectivity index (χ3n) is 4.05. The minimum absolute atomic E-state index is 0.0987. The Morgan fingerprint density at radius 3 is 2.50 bits per heavy atom. The minimum atomic E-state index is -0.598. The fourth-order valence-electron chi connectivity index (χ4n) is 2.91. The molecule has 1 heterocycles. The average Bonchev–Trinajstić information content (AvgIpc) is 2.30. The van der Waals surface area contributed by atoms with Crippen molar-refractivity contribution < 1.29 is 9.90 Å². The van der Waals surface area contributed by atoms with Gasteiger partial charge in [-0.1, -0.05) is 6.42 Å². The smallest absolute Gasteiger partial charge is 0.306 e. The van der Waals surface area contributed by atoms with Gasteiger partial charge in [0.1, 0.15) is 0 Å². The standard InChI is InChI=1S/C12H22N2O2/c1-13-5-7-14(8-6-13)11-4-2-3-10(9-11)12(15)16/h10-11H,2-9H2,1H3,(H,15,16)/t10-,11-/m1/s1. The molecule has 0 bridgehead atoms. The number of rotatable bonds is 2. The van der Waals surface area contributed by atoms with Crippen molar-refractivity contribution in [1.82, 2.24) is 9.80 Å². The van der Waals surface area contributed by atoms with Crippen LogP contribution in [0.25, 0.3) is 0 Å². The van der Waals surface area contributed by atoms with E-state index < -0.39 is 5.97 Å². The molecule has 0 radical (unpaired) electrons. The van der Waals surface area contributed by atoms with Gasteiger partial charge in [0.15, 0.2) is 0 Å². The summed E-state index contributed by atoms with van der Waals surface area (Å²) in [5.41, 5.74) is 0. The number of likely N-dealkylation sites (N-methyl/N-ethyl adjacent to an activating group) is 1. The van der Waals surface area contributed by atoms with E-state index in [0.29, 0.717) is 6.04 Å². The van der Waals surface area contributed by atoms with Crippen molar-refractivity contribution in [3.05, 3.63) is 0 Å². The number of carbonyl (C=O) groups is 1. The molecule has 2 atom stereocenters. The second-order valence-electron chi connectivity index (χ2n) is 5.19. The van der Waals surface area contributed by atoms with Crippen molar-refractivity contribution in [1.29, 1.82) is 0 Å². The molecular formula is C12H22N2O2. The summed E-state index contributed by atoms with van der Waals surface area (Å²) in [6.45, 7) is 4.45. The van der Waals surface area contributed by atoms with Gasteiger partial charge in [-0.2, -0.15) is 0 Å². The summed E-state index contributed by atoms with van der Waals surface area (Å²) in [5, 5.41) is 9.07. The highest BCUT2D eigenvalue weighted by Gasteiger charge is 2.31. The van der Waals surface area contributed by atoms with E-state index in [1.807, 2.05) is 0 Å². The van der Waals surface area contributed by atoms with Crippen molar-refractivity contribution in [3.63, 3.8) is 0 Å². The van der Waals surface area contributed by atoms with E-state index in [2.05, 4.69) is 16.8 Å². The third kappa shape index (κ3) is 2.74. The first-order valence-electron chi connectivity index (χ1n) is 6.32. The van der Waals surface area contributed by atoms with Gasteiger partial charge >= 0.3 is 5.97 Å². The van der Waals surface area contributed by atoms with Crippen LogP contribution in [0, 0.1) is 5.92 Å². The van der Waals surface area contributed by atoms with Gasteiger partial charge < -0.3 is 10.0 Å². The van der Waals surface area contributed by atoms with Crippen molar-refractivity contribution in [2.75, 3.05) is 33.2 Å². The molecule has 2 aliphatic rings. The zero-order chi connectivity index (χ0) is 11.5. The van der Waals surface area contributed by atoms with Crippen molar-refractivity contribution in [2.24, 2.45) is 5.92 Å². The Hall–Kier alpha value is -0.610. The third-order valence-corrected chi connectivity index (χ3v) is 4.05. The van der Waals surface area contributed by atoms with Gasteiger partial charge in [-0.3, -0.25) is 9.69 Å². The number of nitrogens with zero attached hydrogens (tertiary/aromatic N) is 2. The van der Waals surface area contributed by atoms with Gasteiger partial charge in [0.25, 0.3) is 0 Å². The lowest BCUT2D eigenvalue weighted by Gasteiger charge is -2.40. The summed E-state index contributed by atoms with van der Waals surface area (Å²) in [7, 11) is 2.15. The highest BCUT2D eigenvalue weighted by atomic mass is 16.4. The van der Waals surface area contributed by atoms with E-state index >= 15 is 0 Å².